The molecule has 7 heteroatoms. The van der Waals surface area contributed by atoms with Crippen LogP contribution in [0.1, 0.15) is 0 Å². The van der Waals surface area contributed by atoms with Crippen LogP contribution in [0, 0.1) is 0 Å². The van der Waals surface area contributed by atoms with Gasteiger partial charge in [-0.2, -0.15) is 0 Å². The Morgan fingerprint density at radius 1 is 1.25 bits per heavy atom. The van der Waals surface area contributed by atoms with Crippen LogP contribution in [0.4, 0.5) is 0 Å². The molecular formula is C17H15ClN2O2S2. The van der Waals surface area contributed by atoms with E-state index in [2.05, 4.69) is 10.3 Å². The molecule has 2 aromatic carbocycles. The molecule has 24 heavy (non-hydrogen) atoms. The summed E-state index contributed by atoms with van der Waals surface area (Å²) >= 11 is 8.94. The summed E-state index contributed by atoms with van der Waals surface area (Å²) < 4.78 is 7.46. The van der Waals surface area contributed by atoms with Crippen LogP contribution in [0.25, 0.3) is 10.2 Å². The van der Waals surface area contributed by atoms with Gasteiger partial charge in [0.25, 0.3) is 0 Å². The Hall–Kier alpha value is -1.76. The number of hydrogen-bond donors (Lipinski definition) is 1. The van der Waals surface area contributed by atoms with Crippen LogP contribution in [-0.2, 0) is 4.79 Å². The van der Waals surface area contributed by atoms with Gasteiger partial charge in [-0.3, -0.25) is 4.79 Å². The molecule has 0 aliphatic rings. The number of aromatic nitrogens is 1. The van der Waals surface area contributed by atoms with E-state index in [1.807, 2.05) is 48.5 Å². The first kappa shape index (κ1) is 17.1. The lowest BCUT2D eigenvalue weighted by atomic mass is 10.3. The lowest BCUT2D eigenvalue weighted by molar-refractivity contribution is -0.118. The van der Waals surface area contributed by atoms with E-state index in [1.54, 1.807) is 11.3 Å². The second-order valence-electron chi connectivity index (χ2n) is 4.89. The van der Waals surface area contributed by atoms with Crippen molar-refractivity contribution in [2.75, 3.05) is 18.9 Å². The number of benzene rings is 2. The van der Waals surface area contributed by atoms with Crippen molar-refractivity contribution in [3.63, 3.8) is 0 Å². The summed E-state index contributed by atoms with van der Waals surface area (Å²) in [6, 6.07) is 15.1. The minimum absolute atomic E-state index is 0.0334. The van der Waals surface area contributed by atoms with E-state index < -0.39 is 0 Å². The predicted molar refractivity (Wildman–Crippen MR) is 100 cm³/mol. The Kier molecular flexibility index (Phi) is 5.96. The fourth-order valence-corrected chi connectivity index (χ4v) is 4.04. The SMILES string of the molecule is O=C(CSc1nc2cc(Cl)ccc2s1)NCCOc1ccccc1. The molecule has 0 unspecified atom stereocenters. The van der Waals surface area contributed by atoms with Crippen molar-refractivity contribution in [1.29, 1.82) is 0 Å². The van der Waals surface area contributed by atoms with Gasteiger partial charge in [0.2, 0.25) is 5.91 Å². The van der Waals surface area contributed by atoms with Crippen LogP contribution in [-0.4, -0.2) is 29.8 Å². The number of ether oxygens (including phenoxy) is 1. The molecule has 0 fully saturated rings. The normalized spacial score (nSPS) is 10.7. The maximum atomic E-state index is 11.9. The topological polar surface area (TPSA) is 51.2 Å². The highest BCUT2D eigenvalue weighted by Crippen LogP contribution is 2.30. The Balaban J connectivity index is 1.40. The Bertz CT molecular complexity index is 824. The molecule has 0 aliphatic carbocycles. The number of thioether (sulfide) groups is 1. The molecule has 1 N–H and O–H groups in total. The Labute approximate surface area is 153 Å². The number of carbonyl (C=O) groups is 1. The van der Waals surface area contributed by atoms with Crippen LogP contribution in [0.2, 0.25) is 5.02 Å². The number of thiazole rings is 1. The van der Waals surface area contributed by atoms with Gasteiger partial charge in [-0.15, -0.1) is 11.3 Å². The zero-order chi connectivity index (χ0) is 16.8. The molecule has 3 rings (SSSR count). The molecule has 0 saturated carbocycles. The molecular weight excluding hydrogens is 364 g/mol. The van der Waals surface area contributed by atoms with Crippen molar-refractivity contribution < 1.29 is 9.53 Å². The van der Waals surface area contributed by atoms with Crippen molar-refractivity contribution in [3.8, 4) is 5.75 Å². The molecule has 0 saturated heterocycles. The summed E-state index contributed by atoms with van der Waals surface area (Å²) in [5.74, 6) is 1.10. The second-order valence-corrected chi connectivity index (χ2v) is 7.58. The number of amides is 1. The first-order valence-corrected chi connectivity index (χ1v) is 9.52. The minimum Gasteiger partial charge on any atom is -0.492 e. The molecule has 3 aromatic rings. The van der Waals surface area contributed by atoms with Crippen molar-refractivity contribution in [2.24, 2.45) is 0 Å². The van der Waals surface area contributed by atoms with Crippen LogP contribution in [0.3, 0.4) is 0 Å². The maximum absolute atomic E-state index is 11.9. The number of fused-ring (bicyclic) bond motifs is 1. The average molecular weight is 379 g/mol. The summed E-state index contributed by atoms with van der Waals surface area (Å²) in [7, 11) is 0. The van der Waals surface area contributed by atoms with E-state index in [0.29, 0.717) is 23.9 Å². The highest BCUT2D eigenvalue weighted by molar-refractivity contribution is 8.01. The molecule has 1 aromatic heterocycles. The molecule has 1 amide bonds. The number of rotatable bonds is 7. The zero-order valence-corrected chi connectivity index (χ0v) is 15.1. The van der Waals surface area contributed by atoms with E-state index >= 15 is 0 Å². The smallest absolute Gasteiger partial charge is 0.230 e. The molecule has 0 aliphatic heterocycles. The van der Waals surface area contributed by atoms with Crippen molar-refractivity contribution in [2.45, 2.75) is 4.34 Å². The molecule has 4 nitrogen and oxygen atoms in total. The van der Waals surface area contributed by atoms with Gasteiger partial charge in [-0.25, -0.2) is 4.98 Å². The van der Waals surface area contributed by atoms with Crippen LogP contribution in [0.5, 0.6) is 5.75 Å². The average Bonchev–Trinajstić information content (AvgIpc) is 3.00. The Morgan fingerprint density at radius 2 is 2.08 bits per heavy atom. The molecule has 124 valence electrons. The van der Waals surface area contributed by atoms with Crippen molar-refractivity contribution >= 4 is 50.8 Å². The van der Waals surface area contributed by atoms with Gasteiger partial charge in [0.05, 0.1) is 22.5 Å². The summed E-state index contributed by atoms with van der Waals surface area (Å²) in [6.07, 6.45) is 0. The molecule has 0 radical (unpaired) electrons. The summed E-state index contributed by atoms with van der Waals surface area (Å²) in [4.78, 5) is 16.3. The first-order chi connectivity index (χ1) is 11.7. The number of nitrogens with one attached hydrogen (secondary N) is 1. The van der Waals surface area contributed by atoms with E-state index in [4.69, 9.17) is 16.3 Å². The fraction of sp³-hybridized carbons (Fsp3) is 0.176. The van der Waals surface area contributed by atoms with E-state index in [1.165, 1.54) is 11.8 Å². The molecule has 1 heterocycles. The summed E-state index contributed by atoms with van der Waals surface area (Å²) in [5, 5.41) is 3.50. The summed E-state index contributed by atoms with van der Waals surface area (Å²) in [6.45, 7) is 0.920. The predicted octanol–water partition coefficient (Wildman–Crippen LogP) is 4.24. The van der Waals surface area contributed by atoms with Crippen molar-refractivity contribution in [3.05, 3.63) is 53.6 Å². The van der Waals surface area contributed by atoms with Gasteiger partial charge in [0.15, 0.2) is 4.34 Å². The largest absolute Gasteiger partial charge is 0.492 e. The highest BCUT2D eigenvalue weighted by atomic mass is 35.5. The lowest BCUT2D eigenvalue weighted by Gasteiger charge is -2.07. The monoisotopic (exact) mass is 378 g/mol. The molecule has 0 bridgehead atoms. The van der Waals surface area contributed by atoms with Gasteiger partial charge in [0, 0.05) is 5.02 Å². The minimum atomic E-state index is -0.0334. The quantitative estimate of drug-likeness (QED) is 0.493. The lowest BCUT2D eigenvalue weighted by Crippen LogP contribution is -2.29. The zero-order valence-electron chi connectivity index (χ0n) is 12.7. The third kappa shape index (κ3) is 4.87. The maximum Gasteiger partial charge on any atom is 0.230 e. The number of halogens is 1. The van der Waals surface area contributed by atoms with Gasteiger partial charge in [0.1, 0.15) is 12.4 Å². The summed E-state index contributed by atoms with van der Waals surface area (Å²) in [5.41, 5.74) is 0.867. The van der Waals surface area contributed by atoms with Crippen LogP contribution < -0.4 is 10.1 Å². The van der Waals surface area contributed by atoms with Gasteiger partial charge in [-0.1, -0.05) is 41.6 Å². The number of nitrogens with zero attached hydrogens (tertiary/aromatic N) is 1. The van der Waals surface area contributed by atoms with Gasteiger partial charge in [-0.05, 0) is 30.3 Å². The standard InChI is InChI=1S/C17H15ClN2O2S2/c18-12-6-7-15-14(10-12)20-17(24-15)23-11-16(21)19-8-9-22-13-4-2-1-3-5-13/h1-7,10H,8-9,11H2,(H,19,21). The van der Waals surface area contributed by atoms with Crippen molar-refractivity contribution in [1.82, 2.24) is 10.3 Å². The van der Waals surface area contributed by atoms with Crippen LogP contribution in [0.15, 0.2) is 52.9 Å². The molecule has 0 spiro atoms. The van der Waals surface area contributed by atoms with E-state index in [-0.39, 0.29) is 5.91 Å². The number of hydrogen-bond acceptors (Lipinski definition) is 5. The van der Waals surface area contributed by atoms with Crippen LogP contribution >= 0.6 is 34.7 Å². The Morgan fingerprint density at radius 3 is 2.92 bits per heavy atom. The van der Waals surface area contributed by atoms with E-state index in [0.717, 1.165) is 20.3 Å². The fourth-order valence-electron chi connectivity index (χ4n) is 2.00. The highest BCUT2D eigenvalue weighted by Gasteiger charge is 2.08. The molecule has 0 atom stereocenters. The first-order valence-electron chi connectivity index (χ1n) is 7.34. The number of para-hydroxylation sites is 1. The van der Waals surface area contributed by atoms with Gasteiger partial charge < -0.3 is 10.1 Å². The second kappa shape index (κ2) is 8.37. The third-order valence-electron chi connectivity index (χ3n) is 3.09. The van der Waals surface area contributed by atoms with E-state index in [9.17, 15) is 4.79 Å². The van der Waals surface area contributed by atoms with Gasteiger partial charge >= 0.3 is 0 Å². The third-order valence-corrected chi connectivity index (χ3v) is 5.51. The number of carbonyl (C=O) groups excluding carboxylic acids is 1.